The van der Waals surface area contributed by atoms with Gasteiger partial charge >= 0.3 is 0 Å². The van der Waals surface area contributed by atoms with Crippen molar-refractivity contribution in [2.24, 2.45) is 0 Å². The van der Waals surface area contributed by atoms with Crippen LogP contribution in [0.15, 0.2) is 63.9 Å². The lowest BCUT2D eigenvalue weighted by Gasteiger charge is -2.10. The first kappa shape index (κ1) is 14.7. The van der Waals surface area contributed by atoms with Crippen molar-refractivity contribution in [3.63, 3.8) is 0 Å². The fourth-order valence-electron chi connectivity index (χ4n) is 2.05. The molecule has 1 aromatic heterocycles. The normalized spacial score (nSPS) is 12.1. The van der Waals surface area contributed by atoms with E-state index in [0.29, 0.717) is 11.8 Å². The van der Waals surface area contributed by atoms with Crippen LogP contribution in [0.2, 0.25) is 0 Å². The summed E-state index contributed by atoms with van der Waals surface area (Å²) in [5, 5.41) is 8.34. The highest BCUT2D eigenvalue weighted by molar-refractivity contribution is 7.99. The maximum atomic E-state index is 5.79. The third-order valence-electron chi connectivity index (χ3n) is 3.18. The van der Waals surface area contributed by atoms with E-state index >= 15 is 0 Å². The summed E-state index contributed by atoms with van der Waals surface area (Å²) in [5.74, 6) is 2.00. The fourth-order valence-corrected chi connectivity index (χ4v) is 3.05. The molecule has 0 spiro atoms. The van der Waals surface area contributed by atoms with Gasteiger partial charge in [0, 0.05) is 5.56 Å². The number of hydrogen-bond donors (Lipinski definition) is 0. The van der Waals surface area contributed by atoms with Crippen LogP contribution in [0.25, 0.3) is 11.5 Å². The van der Waals surface area contributed by atoms with Crippen LogP contribution in [-0.4, -0.2) is 17.3 Å². The Morgan fingerprint density at radius 3 is 2.50 bits per heavy atom. The van der Waals surface area contributed by atoms with E-state index in [-0.39, 0.29) is 5.25 Å². The van der Waals surface area contributed by atoms with Crippen LogP contribution >= 0.6 is 11.8 Å². The molecule has 4 nitrogen and oxygen atoms in total. The maximum absolute atomic E-state index is 5.79. The van der Waals surface area contributed by atoms with Crippen LogP contribution in [-0.2, 0) is 0 Å². The topological polar surface area (TPSA) is 48.2 Å². The predicted molar refractivity (Wildman–Crippen MR) is 87.0 cm³/mol. The molecule has 112 valence electrons. The Morgan fingerprint density at radius 2 is 1.73 bits per heavy atom. The summed E-state index contributed by atoms with van der Waals surface area (Å²) < 4.78 is 11.2. The smallest absolute Gasteiger partial charge is 0.247 e. The Kier molecular flexibility index (Phi) is 4.44. The maximum Gasteiger partial charge on any atom is 0.247 e. The molecule has 22 heavy (non-hydrogen) atoms. The van der Waals surface area contributed by atoms with Gasteiger partial charge < -0.3 is 9.15 Å². The average Bonchev–Trinajstić information content (AvgIpc) is 3.06. The van der Waals surface area contributed by atoms with Crippen molar-refractivity contribution in [3.8, 4) is 17.2 Å². The number of benzene rings is 2. The summed E-state index contributed by atoms with van der Waals surface area (Å²) in [7, 11) is 1.67. The van der Waals surface area contributed by atoms with E-state index in [4.69, 9.17) is 9.15 Å². The zero-order chi connectivity index (χ0) is 15.4. The first-order valence-corrected chi connectivity index (χ1v) is 7.84. The Balaban J connectivity index is 1.78. The number of aromatic nitrogens is 2. The second-order valence-electron chi connectivity index (χ2n) is 4.72. The molecule has 0 aliphatic heterocycles. The van der Waals surface area contributed by atoms with Crippen LogP contribution in [0, 0.1) is 0 Å². The molecule has 5 heteroatoms. The standard InChI is InChI=1S/C17H16N2O2S/c1-12(22-15-11-7-6-10-14(15)20-2)16-18-19-17(21-16)13-8-4-3-5-9-13/h3-12H,1-2H3. The number of ether oxygens (including phenoxy) is 1. The number of hydrogen-bond acceptors (Lipinski definition) is 5. The van der Waals surface area contributed by atoms with Gasteiger partial charge in [0.1, 0.15) is 5.75 Å². The monoisotopic (exact) mass is 312 g/mol. The molecule has 0 bridgehead atoms. The molecule has 0 aliphatic carbocycles. The van der Waals surface area contributed by atoms with Crippen LogP contribution < -0.4 is 4.74 Å². The third kappa shape index (κ3) is 3.14. The van der Waals surface area contributed by atoms with Gasteiger partial charge in [0.05, 0.1) is 17.3 Å². The van der Waals surface area contributed by atoms with Crippen molar-refractivity contribution in [1.82, 2.24) is 10.2 Å². The highest BCUT2D eigenvalue weighted by Crippen LogP contribution is 2.39. The molecule has 0 amide bonds. The molecule has 0 N–H and O–H groups in total. The molecule has 0 aliphatic rings. The van der Waals surface area contributed by atoms with Gasteiger partial charge in [-0.05, 0) is 31.2 Å². The Morgan fingerprint density at radius 1 is 1.00 bits per heavy atom. The first-order chi connectivity index (χ1) is 10.8. The summed E-state index contributed by atoms with van der Waals surface area (Å²) in [5.41, 5.74) is 0.927. The van der Waals surface area contributed by atoms with E-state index in [9.17, 15) is 0 Å². The van der Waals surface area contributed by atoms with Crippen molar-refractivity contribution >= 4 is 11.8 Å². The summed E-state index contributed by atoms with van der Waals surface area (Å²) in [6.07, 6.45) is 0. The Bertz CT molecular complexity index is 743. The molecule has 1 atom stereocenters. The van der Waals surface area contributed by atoms with Gasteiger partial charge in [-0.2, -0.15) is 0 Å². The van der Waals surface area contributed by atoms with Crippen LogP contribution in [0.1, 0.15) is 18.1 Å². The molecular weight excluding hydrogens is 296 g/mol. The van der Waals surface area contributed by atoms with Gasteiger partial charge in [0.15, 0.2) is 0 Å². The van der Waals surface area contributed by atoms with Crippen LogP contribution in [0.4, 0.5) is 0 Å². The van der Waals surface area contributed by atoms with Gasteiger partial charge in [-0.25, -0.2) is 0 Å². The largest absolute Gasteiger partial charge is 0.496 e. The lowest BCUT2D eigenvalue weighted by Crippen LogP contribution is -1.91. The van der Waals surface area contributed by atoms with Gasteiger partial charge in [-0.3, -0.25) is 0 Å². The lowest BCUT2D eigenvalue weighted by molar-refractivity contribution is 0.404. The van der Waals surface area contributed by atoms with Crippen molar-refractivity contribution < 1.29 is 9.15 Å². The zero-order valence-corrected chi connectivity index (χ0v) is 13.2. The van der Waals surface area contributed by atoms with E-state index in [1.807, 2.05) is 61.5 Å². The van der Waals surface area contributed by atoms with Gasteiger partial charge in [-0.15, -0.1) is 22.0 Å². The van der Waals surface area contributed by atoms with E-state index < -0.39 is 0 Å². The van der Waals surface area contributed by atoms with Crippen molar-refractivity contribution in [2.45, 2.75) is 17.1 Å². The number of rotatable bonds is 5. The first-order valence-electron chi connectivity index (χ1n) is 6.96. The Labute approximate surface area is 133 Å². The van der Waals surface area contributed by atoms with E-state index in [1.54, 1.807) is 18.9 Å². The van der Waals surface area contributed by atoms with Crippen molar-refractivity contribution in [1.29, 1.82) is 0 Å². The number of para-hydroxylation sites is 1. The molecule has 3 rings (SSSR count). The highest BCUT2D eigenvalue weighted by atomic mass is 32.2. The van der Waals surface area contributed by atoms with E-state index in [2.05, 4.69) is 10.2 Å². The van der Waals surface area contributed by atoms with Gasteiger partial charge in [0.25, 0.3) is 0 Å². The number of methoxy groups -OCH3 is 1. The Hall–Kier alpha value is -2.27. The van der Waals surface area contributed by atoms with Crippen LogP contribution in [0.5, 0.6) is 5.75 Å². The van der Waals surface area contributed by atoms with Crippen molar-refractivity contribution in [2.75, 3.05) is 7.11 Å². The molecule has 2 aromatic carbocycles. The number of nitrogens with zero attached hydrogens (tertiary/aromatic N) is 2. The summed E-state index contributed by atoms with van der Waals surface area (Å²) >= 11 is 1.64. The quantitative estimate of drug-likeness (QED) is 0.644. The molecule has 0 fully saturated rings. The molecule has 1 unspecified atom stereocenters. The fraction of sp³-hybridized carbons (Fsp3) is 0.176. The SMILES string of the molecule is COc1ccccc1SC(C)c1nnc(-c2ccccc2)o1. The predicted octanol–water partition coefficient (Wildman–Crippen LogP) is 4.60. The van der Waals surface area contributed by atoms with E-state index in [0.717, 1.165) is 16.2 Å². The third-order valence-corrected chi connectivity index (χ3v) is 4.33. The molecular formula is C17H16N2O2S. The minimum Gasteiger partial charge on any atom is -0.496 e. The van der Waals surface area contributed by atoms with E-state index in [1.165, 1.54) is 0 Å². The van der Waals surface area contributed by atoms with Gasteiger partial charge in [-0.1, -0.05) is 30.3 Å². The lowest BCUT2D eigenvalue weighted by atomic mass is 10.2. The number of thioether (sulfide) groups is 1. The zero-order valence-electron chi connectivity index (χ0n) is 12.4. The molecule has 0 radical (unpaired) electrons. The van der Waals surface area contributed by atoms with Crippen LogP contribution in [0.3, 0.4) is 0 Å². The average molecular weight is 312 g/mol. The summed E-state index contributed by atoms with van der Waals surface area (Å²) in [4.78, 5) is 1.05. The van der Waals surface area contributed by atoms with Gasteiger partial charge in [0.2, 0.25) is 11.8 Å². The molecule has 1 heterocycles. The summed E-state index contributed by atoms with van der Waals surface area (Å²) in [6.45, 7) is 2.04. The highest BCUT2D eigenvalue weighted by Gasteiger charge is 2.17. The summed E-state index contributed by atoms with van der Waals surface area (Å²) in [6, 6.07) is 17.7. The molecule has 3 aromatic rings. The molecule has 0 saturated carbocycles. The van der Waals surface area contributed by atoms with Crippen molar-refractivity contribution in [3.05, 3.63) is 60.5 Å². The molecule has 0 saturated heterocycles. The minimum atomic E-state index is 0.0428. The second kappa shape index (κ2) is 6.66. The second-order valence-corrected chi connectivity index (χ2v) is 6.11. The minimum absolute atomic E-state index is 0.0428.